The third kappa shape index (κ3) is 7.32. The van der Waals surface area contributed by atoms with E-state index in [0.29, 0.717) is 0 Å². The van der Waals surface area contributed by atoms with Crippen molar-refractivity contribution >= 4 is 27.5 Å². The fourth-order valence-electron chi connectivity index (χ4n) is 6.62. The Balaban J connectivity index is 0.000000286. The largest absolute Gasteiger partial charge is 0.512 e. The monoisotopic (exact) mass is 770 g/mol. The van der Waals surface area contributed by atoms with E-state index < -0.39 is 0 Å². The zero-order chi connectivity index (χ0) is 31.5. The Labute approximate surface area is 278 Å². The quantitative estimate of drug-likeness (QED) is 0.110. The Hall–Kier alpha value is -2.88. The van der Waals surface area contributed by atoms with Gasteiger partial charge in [-0.1, -0.05) is 85.9 Å². The van der Waals surface area contributed by atoms with Crippen molar-refractivity contribution in [1.29, 1.82) is 0 Å². The first-order valence-corrected chi connectivity index (χ1v) is 16.0. The van der Waals surface area contributed by atoms with E-state index in [1.165, 1.54) is 38.9 Å². The molecule has 0 saturated heterocycles. The van der Waals surface area contributed by atoms with Gasteiger partial charge in [-0.2, -0.15) is 0 Å². The fraction of sp³-hybridized carbons (Fsp3) is 0.462. The van der Waals surface area contributed by atoms with Crippen LogP contribution in [-0.4, -0.2) is 20.9 Å². The summed E-state index contributed by atoms with van der Waals surface area (Å²) in [5, 5.41) is 13.5. The topological polar surface area (TPSA) is 63.1 Å². The van der Waals surface area contributed by atoms with Crippen molar-refractivity contribution in [2.45, 2.75) is 99.8 Å². The molecule has 1 N–H and O–H groups in total. The molecule has 0 amide bonds. The molecule has 0 aliphatic heterocycles. The van der Waals surface area contributed by atoms with Crippen LogP contribution in [0.2, 0.25) is 0 Å². The number of benzene rings is 2. The molecule has 0 bridgehead atoms. The van der Waals surface area contributed by atoms with Crippen LogP contribution in [0.25, 0.3) is 32.9 Å². The van der Waals surface area contributed by atoms with Crippen LogP contribution in [0.5, 0.6) is 0 Å². The minimum Gasteiger partial charge on any atom is -0.512 e. The predicted octanol–water partition coefficient (Wildman–Crippen LogP) is 10.3. The molecule has 2 aromatic heterocycles. The summed E-state index contributed by atoms with van der Waals surface area (Å²) in [6, 6.07) is 16.6. The van der Waals surface area contributed by atoms with E-state index in [-0.39, 0.29) is 54.3 Å². The summed E-state index contributed by atoms with van der Waals surface area (Å²) in [7, 11) is 0. The number of pyridine rings is 2. The van der Waals surface area contributed by atoms with E-state index in [4.69, 9.17) is 4.98 Å². The average molecular weight is 770 g/mol. The van der Waals surface area contributed by atoms with Gasteiger partial charge in [0.05, 0.1) is 5.76 Å². The van der Waals surface area contributed by atoms with E-state index in [0.717, 1.165) is 48.9 Å². The van der Waals surface area contributed by atoms with Gasteiger partial charge in [-0.3, -0.25) is 4.79 Å². The standard InChI is InChI=1S/C26H25N2.C13H24O2.Ir/c1-25(2,3)15-16-13-17-10-12-28-24-19-8-9-21-18(7-6-11-27-21)23(19)26(4,5)20(14-16)22(17)24;1-5-10(6-2)12(14)9-13(15)11(7-3)8-4;/h6-7,9-14H,15H2,1-5H3;9-11,14H,5-8H2,1-4H3;/q-1;;/b;12-9-;. The minimum absolute atomic E-state index is 0. The van der Waals surface area contributed by atoms with Gasteiger partial charge in [0.25, 0.3) is 0 Å². The predicted molar refractivity (Wildman–Crippen MR) is 180 cm³/mol. The van der Waals surface area contributed by atoms with Crippen LogP contribution in [0.1, 0.15) is 105 Å². The van der Waals surface area contributed by atoms with Crippen LogP contribution in [0.4, 0.5) is 0 Å². The van der Waals surface area contributed by atoms with Gasteiger partial charge in [-0.05, 0) is 88.2 Å². The summed E-state index contributed by atoms with van der Waals surface area (Å²) in [5.74, 6) is 0.547. The first kappa shape index (κ1) is 35.6. The second-order valence-corrected chi connectivity index (χ2v) is 13.7. The van der Waals surface area contributed by atoms with Gasteiger partial charge in [-0.15, -0.1) is 23.3 Å². The van der Waals surface area contributed by atoms with Gasteiger partial charge in [0.2, 0.25) is 0 Å². The summed E-state index contributed by atoms with van der Waals surface area (Å²) in [5.41, 5.74) is 7.32. The molecule has 237 valence electrons. The molecule has 4 aromatic rings. The van der Waals surface area contributed by atoms with Gasteiger partial charge < -0.3 is 15.1 Å². The molecule has 5 heteroatoms. The number of nitrogens with zero attached hydrogens (tertiary/aromatic N) is 2. The minimum atomic E-state index is -0.142. The van der Waals surface area contributed by atoms with E-state index >= 15 is 0 Å². The number of rotatable bonds is 8. The Morgan fingerprint density at radius 2 is 1.64 bits per heavy atom. The van der Waals surface area contributed by atoms with Gasteiger partial charge >= 0.3 is 0 Å². The number of hydrogen-bond acceptors (Lipinski definition) is 4. The molecule has 0 spiro atoms. The van der Waals surface area contributed by atoms with Crippen LogP contribution < -0.4 is 0 Å². The van der Waals surface area contributed by atoms with Crippen molar-refractivity contribution in [2.24, 2.45) is 17.3 Å². The van der Waals surface area contributed by atoms with Crippen molar-refractivity contribution in [3.05, 3.63) is 83.4 Å². The van der Waals surface area contributed by atoms with Crippen molar-refractivity contribution in [3.63, 3.8) is 0 Å². The fourth-order valence-corrected chi connectivity index (χ4v) is 6.62. The molecule has 1 aliphatic rings. The summed E-state index contributed by atoms with van der Waals surface area (Å²) in [6.45, 7) is 19.6. The summed E-state index contributed by atoms with van der Waals surface area (Å²) >= 11 is 0. The number of hydrogen-bond donors (Lipinski definition) is 1. The number of carbonyl (C=O) groups excluding carboxylic acids is 1. The smallest absolute Gasteiger partial charge is 0.162 e. The number of aromatic nitrogens is 2. The van der Waals surface area contributed by atoms with Crippen molar-refractivity contribution in [2.75, 3.05) is 0 Å². The Morgan fingerprint density at radius 3 is 2.25 bits per heavy atom. The van der Waals surface area contributed by atoms with Crippen LogP contribution in [0.15, 0.2) is 60.6 Å². The molecular weight excluding hydrogens is 721 g/mol. The zero-order valence-corrected chi connectivity index (χ0v) is 30.4. The maximum Gasteiger partial charge on any atom is 0.162 e. The van der Waals surface area contributed by atoms with Crippen LogP contribution >= 0.6 is 0 Å². The summed E-state index contributed by atoms with van der Waals surface area (Å²) < 4.78 is 0. The molecule has 44 heavy (non-hydrogen) atoms. The molecule has 4 nitrogen and oxygen atoms in total. The Bertz CT molecular complexity index is 1640. The molecule has 5 rings (SSSR count). The van der Waals surface area contributed by atoms with Crippen LogP contribution in [0, 0.1) is 23.3 Å². The van der Waals surface area contributed by atoms with Gasteiger partial charge in [0.1, 0.15) is 0 Å². The molecule has 0 atom stereocenters. The normalized spacial score (nSPS) is 13.8. The van der Waals surface area contributed by atoms with Gasteiger partial charge in [0.15, 0.2) is 5.78 Å². The second kappa shape index (κ2) is 14.5. The summed E-state index contributed by atoms with van der Waals surface area (Å²) in [4.78, 5) is 21.1. The molecule has 0 saturated carbocycles. The average Bonchev–Trinajstić information content (AvgIpc) is 2.96. The molecule has 2 aromatic carbocycles. The van der Waals surface area contributed by atoms with Crippen molar-refractivity contribution < 1.29 is 30.0 Å². The zero-order valence-electron chi connectivity index (χ0n) is 28.0. The number of fused-ring (bicyclic) bond motifs is 4. The molecular formula is C39H49IrN2O2-. The Morgan fingerprint density at radius 1 is 0.977 bits per heavy atom. The van der Waals surface area contributed by atoms with Gasteiger partial charge in [-0.25, -0.2) is 0 Å². The maximum absolute atomic E-state index is 11.7. The van der Waals surface area contributed by atoms with Crippen LogP contribution in [-0.2, 0) is 36.7 Å². The second-order valence-electron chi connectivity index (χ2n) is 13.7. The number of ketones is 1. The first-order chi connectivity index (χ1) is 20.4. The number of carbonyl (C=O) groups is 1. The van der Waals surface area contributed by atoms with Gasteiger partial charge in [0, 0.05) is 50.4 Å². The first-order valence-electron chi connectivity index (χ1n) is 16.0. The molecule has 0 fully saturated rings. The van der Waals surface area contributed by atoms with Crippen LogP contribution in [0.3, 0.4) is 0 Å². The number of allylic oxidation sites excluding steroid dienone is 2. The number of aliphatic hydroxyl groups is 1. The maximum atomic E-state index is 11.7. The van der Waals surface area contributed by atoms with Crippen molar-refractivity contribution in [3.8, 4) is 11.3 Å². The third-order valence-electron chi connectivity index (χ3n) is 8.99. The Kier molecular flexibility index (Phi) is 11.7. The van der Waals surface area contributed by atoms with Crippen molar-refractivity contribution in [1.82, 2.24) is 9.97 Å². The molecule has 1 radical (unpaired) electrons. The van der Waals surface area contributed by atoms with E-state index in [2.05, 4.69) is 69.9 Å². The molecule has 1 aliphatic carbocycles. The number of aliphatic hydroxyl groups excluding tert-OH is 1. The molecule has 2 heterocycles. The third-order valence-corrected chi connectivity index (χ3v) is 8.99. The van der Waals surface area contributed by atoms with E-state index in [1.807, 2.05) is 52.2 Å². The summed E-state index contributed by atoms with van der Waals surface area (Å²) in [6.07, 6.45) is 9.75. The SMILES string of the molecule is CC(C)(C)Cc1cc2c3c(nccc3c1)-c1[c-]cc3ncccc3c1C2(C)C.CCC(CC)C(=O)/C=C(\O)C(CC)CC.[Ir]. The van der Waals surface area contributed by atoms with E-state index in [9.17, 15) is 9.90 Å². The van der Waals surface area contributed by atoms with E-state index in [1.54, 1.807) is 0 Å². The molecule has 0 unspecified atom stereocenters.